The Morgan fingerprint density at radius 3 is 2.86 bits per heavy atom. The number of benzene rings is 1. The maximum atomic E-state index is 13.2. The van der Waals surface area contributed by atoms with Crippen molar-refractivity contribution in [3.63, 3.8) is 0 Å². The van der Waals surface area contributed by atoms with Gasteiger partial charge >= 0.3 is 0 Å². The molecule has 0 radical (unpaired) electrons. The van der Waals surface area contributed by atoms with Gasteiger partial charge in [0, 0.05) is 18.2 Å². The summed E-state index contributed by atoms with van der Waals surface area (Å²) in [5.41, 5.74) is 1.14. The molecule has 0 aliphatic heterocycles. The zero-order valence-corrected chi connectivity index (χ0v) is 7.35. The Morgan fingerprint density at radius 2 is 2.14 bits per heavy atom. The number of fused-ring (bicyclic) bond motifs is 1. The third-order valence-corrected chi connectivity index (χ3v) is 2.20. The van der Waals surface area contributed by atoms with Crippen LogP contribution in [-0.2, 0) is 6.42 Å². The molecule has 14 heavy (non-hydrogen) atoms. The number of aromatic amines is 1. The van der Waals surface area contributed by atoms with Gasteiger partial charge in [0.25, 0.3) is 0 Å². The lowest BCUT2D eigenvalue weighted by Crippen LogP contribution is -1.96. The topological polar surface area (TPSA) is 36.0 Å². The number of hydrogen-bond acceptors (Lipinski definition) is 1. The van der Waals surface area contributed by atoms with Crippen LogP contribution in [0.3, 0.4) is 0 Å². The summed E-state index contributed by atoms with van der Waals surface area (Å²) in [7, 11) is 0. The van der Waals surface area contributed by atoms with Crippen molar-refractivity contribution in [1.82, 2.24) is 4.98 Å². The van der Waals surface area contributed by atoms with E-state index in [0.717, 1.165) is 6.07 Å². The van der Waals surface area contributed by atoms with Gasteiger partial charge in [-0.05, 0) is 24.1 Å². The van der Waals surface area contributed by atoms with Gasteiger partial charge < -0.3 is 10.1 Å². The minimum Gasteiger partial charge on any atom is -0.396 e. The molecule has 2 rings (SSSR count). The Bertz CT molecular complexity index is 464. The number of hydrogen-bond donors (Lipinski definition) is 2. The molecule has 0 fully saturated rings. The van der Waals surface area contributed by atoms with Crippen molar-refractivity contribution in [2.75, 3.05) is 6.61 Å². The normalized spacial score (nSPS) is 11.1. The molecule has 0 saturated heterocycles. The first-order valence-electron chi connectivity index (χ1n) is 4.29. The van der Waals surface area contributed by atoms with Crippen LogP contribution < -0.4 is 0 Å². The molecule has 1 aromatic heterocycles. The van der Waals surface area contributed by atoms with Crippen LogP contribution in [0.1, 0.15) is 5.56 Å². The van der Waals surface area contributed by atoms with E-state index in [0.29, 0.717) is 17.5 Å². The summed E-state index contributed by atoms with van der Waals surface area (Å²) in [6, 6.07) is 2.60. The van der Waals surface area contributed by atoms with Crippen molar-refractivity contribution in [3.8, 4) is 0 Å². The Labute approximate surface area is 79.2 Å². The minimum absolute atomic E-state index is 0.0841. The van der Waals surface area contributed by atoms with E-state index in [2.05, 4.69) is 4.98 Å². The molecule has 2 nitrogen and oxygen atoms in total. The number of halogens is 2. The van der Waals surface area contributed by atoms with E-state index in [-0.39, 0.29) is 12.0 Å². The quantitative estimate of drug-likeness (QED) is 0.758. The molecule has 2 N–H and O–H groups in total. The Balaban J connectivity index is 2.71. The second-order valence-corrected chi connectivity index (χ2v) is 3.07. The number of nitrogens with one attached hydrogen (secondary N) is 1. The number of aliphatic hydroxyl groups excluding tert-OH is 1. The second-order valence-electron chi connectivity index (χ2n) is 3.07. The molecule has 74 valence electrons. The van der Waals surface area contributed by atoms with Crippen molar-refractivity contribution < 1.29 is 13.9 Å². The second kappa shape index (κ2) is 3.38. The van der Waals surface area contributed by atoms with E-state index in [4.69, 9.17) is 5.11 Å². The molecular formula is C10H9F2NO. The fourth-order valence-electron chi connectivity index (χ4n) is 1.55. The molecule has 0 atom stereocenters. The summed E-state index contributed by atoms with van der Waals surface area (Å²) in [5.74, 6) is -1.72. The molecule has 0 unspecified atom stereocenters. The van der Waals surface area contributed by atoms with Crippen LogP contribution in [0.2, 0.25) is 0 Å². The third kappa shape index (κ3) is 1.28. The minimum atomic E-state index is -0.874. The monoisotopic (exact) mass is 197 g/mol. The van der Waals surface area contributed by atoms with Gasteiger partial charge in [0.2, 0.25) is 0 Å². The fourth-order valence-corrected chi connectivity index (χ4v) is 1.55. The molecule has 1 aromatic carbocycles. The zero-order chi connectivity index (χ0) is 10.1. The Morgan fingerprint density at radius 1 is 1.36 bits per heavy atom. The van der Waals surface area contributed by atoms with Gasteiger partial charge in [-0.3, -0.25) is 0 Å². The van der Waals surface area contributed by atoms with Gasteiger partial charge in [0.05, 0.1) is 5.52 Å². The summed E-state index contributed by atoms with van der Waals surface area (Å²) in [5, 5.41) is 8.98. The summed E-state index contributed by atoms with van der Waals surface area (Å²) >= 11 is 0. The highest BCUT2D eigenvalue weighted by atomic mass is 19.2. The number of aliphatic hydroxyl groups is 1. The maximum Gasteiger partial charge on any atom is 0.168 e. The number of rotatable bonds is 2. The maximum absolute atomic E-state index is 13.2. The summed E-state index contributed by atoms with van der Waals surface area (Å²) in [6.07, 6.45) is 1.86. The number of aromatic nitrogens is 1. The summed E-state index contributed by atoms with van der Waals surface area (Å²) in [6.45, 7) is -0.0841. The van der Waals surface area contributed by atoms with Crippen molar-refractivity contribution in [2.45, 2.75) is 6.42 Å². The highest BCUT2D eigenvalue weighted by Gasteiger charge is 2.12. The van der Waals surface area contributed by atoms with Crippen molar-refractivity contribution in [2.24, 2.45) is 0 Å². The fraction of sp³-hybridized carbons (Fsp3) is 0.200. The SMILES string of the molecule is OCCc1cc(F)c(F)c2cc[nH]c12. The molecule has 0 spiro atoms. The Hall–Kier alpha value is -1.42. The van der Waals surface area contributed by atoms with E-state index >= 15 is 0 Å². The molecule has 0 aliphatic carbocycles. The lowest BCUT2D eigenvalue weighted by Gasteiger charge is -2.02. The van der Waals surface area contributed by atoms with E-state index in [1.54, 1.807) is 6.20 Å². The van der Waals surface area contributed by atoms with Crippen LogP contribution in [0.25, 0.3) is 10.9 Å². The molecule has 4 heteroatoms. The summed E-state index contributed by atoms with van der Waals surface area (Å²) in [4.78, 5) is 2.82. The van der Waals surface area contributed by atoms with Crippen LogP contribution in [0.4, 0.5) is 8.78 Å². The van der Waals surface area contributed by atoms with Crippen LogP contribution in [0.15, 0.2) is 18.3 Å². The molecule has 1 heterocycles. The standard InChI is InChI=1S/C10H9F2NO/c11-8-5-6(2-4-14)10-7(9(8)12)1-3-13-10/h1,3,5,13-14H,2,4H2. The van der Waals surface area contributed by atoms with Gasteiger partial charge in [-0.1, -0.05) is 0 Å². The predicted molar refractivity (Wildman–Crippen MR) is 49.0 cm³/mol. The first-order valence-corrected chi connectivity index (χ1v) is 4.29. The predicted octanol–water partition coefficient (Wildman–Crippen LogP) is 1.98. The third-order valence-electron chi connectivity index (χ3n) is 2.20. The van der Waals surface area contributed by atoms with Crippen LogP contribution in [0, 0.1) is 11.6 Å². The average Bonchev–Trinajstić information content (AvgIpc) is 2.63. The number of H-pyrrole nitrogens is 1. The van der Waals surface area contributed by atoms with Gasteiger partial charge in [0.1, 0.15) is 0 Å². The van der Waals surface area contributed by atoms with E-state index in [1.165, 1.54) is 6.07 Å². The van der Waals surface area contributed by atoms with Crippen LogP contribution in [-0.4, -0.2) is 16.7 Å². The van der Waals surface area contributed by atoms with Gasteiger partial charge in [0.15, 0.2) is 11.6 Å². The highest BCUT2D eigenvalue weighted by molar-refractivity contribution is 5.83. The van der Waals surface area contributed by atoms with E-state index < -0.39 is 11.6 Å². The molecule has 0 amide bonds. The van der Waals surface area contributed by atoms with Gasteiger partial charge in [-0.2, -0.15) is 0 Å². The van der Waals surface area contributed by atoms with E-state index in [9.17, 15) is 8.78 Å². The van der Waals surface area contributed by atoms with Gasteiger partial charge in [-0.25, -0.2) is 8.78 Å². The smallest absolute Gasteiger partial charge is 0.168 e. The largest absolute Gasteiger partial charge is 0.396 e. The molecular weight excluding hydrogens is 188 g/mol. The average molecular weight is 197 g/mol. The molecule has 2 aromatic rings. The van der Waals surface area contributed by atoms with Crippen molar-refractivity contribution in [3.05, 3.63) is 35.5 Å². The lowest BCUT2D eigenvalue weighted by molar-refractivity contribution is 0.300. The Kier molecular flexibility index (Phi) is 2.21. The first-order chi connectivity index (χ1) is 6.74. The van der Waals surface area contributed by atoms with Crippen molar-refractivity contribution >= 4 is 10.9 Å². The summed E-state index contributed by atoms with van der Waals surface area (Å²) < 4.78 is 26.2. The highest BCUT2D eigenvalue weighted by Crippen LogP contribution is 2.23. The van der Waals surface area contributed by atoms with Crippen LogP contribution in [0.5, 0.6) is 0 Å². The molecule has 0 bridgehead atoms. The molecule has 0 aliphatic rings. The lowest BCUT2D eigenvalue weighted by atomic mass is 10.1. The van der Waals surface area contributed by atoms with Crippen LogP contribution >= 0.6 is 0 Å². The van der Waals surface area contributed by atoms with Crippen molar-refractivity contribution in [1.29, 1.82) is 0 Å². The first kappa shape index (κ1) is 9.15. The molecule has 0 saturated carbocycles. The zero-order valence-electron chi connectivity index (χ0n) is 7.35. The van der Waals surface area contributed by atoms with E-state index in [1.807, 2.05) is 0 Å². The van der Waals surface area contributed by atoms with Gasteiger partial charge in [-0.15, -0.1) is 0 Å².